The van der Waals surface area contributed by atoms with Crippen molar-refractivity contribution in [2.45, 2.75) is 26.3 Å². The maximum Gasteiger partial charge on any atom is 0.283 e. The maximum atomic E-state index is 13.2. The number of amides is 2. The number of thioether (sulfide) groups is 1. The summed E-state index contributed by atoms with van der Waals surface area (Å²) in [5.74, 6) is 0.534. The number of carbonyl (C=O) groups is 2. The van der Waals surface area contributed by atoms with Crippen molar-refractivity contribution >= 4 is 52.1 Å². The third kappa shape index (κ3) is 5.89. The average molecular weight is 458 g/mol. The highest BCUT2D eigenvalue weighted by Crippen LogP contribution is 2.30. The molecule has 2 aromatic rings. The van der Waals surface area contributed by atoms with Gasteiger partial charge >= 0.3 is 0 Å². The molecule has 0 aromatic heterocycles. The number of benzene rings is 2. The van der Waals surface area contributed by atoms with Crippen LogP contribution in [-0.2, 0) is 9.59 Å². The molecular weight excluding hydrogens is 434 g/mol. The Labute approximate surface area is 191 Å². The summed E-state index contributed by atoms with van der Waals surface area (Å²) < 4.78 is 5.18. The van der Waals surface area contributed by atoms with Crippen LogP contribution in [0.15, 0.2) is 59.2 Å². The molecule has 3 rings (SSSR count). The Morgan fingerprint density at radius 1 is 1.23 bits per heavy atom. The van der Waals surface area contributed by atoms with Crippen molar-refractivity contribution in [2.24, 2.45) is 4.99 Å². The van der Waals surface area contributed by atoms with E-state index in [9.17, 15) is 9.59 Å². The third-order valence-electron chi connectivity index (χ3n) is 4.69. The summed E-state index contributed by atoms with van der Waals surface area (Å²) in [7, 11) is 1.60. The van der Waals surface area contributed by atoms with E-state index in [1.807, 2.05) is 38.1 Å². The van der Waals surface area contributed by atoms with Crippen LogP contribution in [-0.4, -0.2) is 35.9 Å². The standard InChI is InChI=1S/C23H24ClN3O3S/c1-4-15(2)25-21(28)14-31-23-26-20(13-16-5-11-19(30-3)12-6-16)22(29)27(23)18-9-7-17(24)8-10-18/h5-13,15H,4,14H2,1-3H3,(H,25,28)/b20-13-/t15-/m1/s1. The van der Waals surface area contributed by atoms with Gasteiger partial charge in [0.15, 0.2) is 5.17 Å². The number of halogens is 1. The number of hydrogen-bond acceptors (Lipinski definition) is 5. The van der Waals surface area contributed by atoms with E-state index in [2.05, 4.69) is 10.3 Å². The first-order chi connectivity index (χ1) is 14.9. The highest BCUT2D eigenvalue weighted by atomic mass is 35.5. The van der Waals surface area contributed by atoms with Gasteiger partial charge in [-0.05, 0) is 61.4 Å². The second-order valence-electron chi connectivity index (χ2n) is 6.98. The summed E-state index contributed by atoms with van der Waals surface area (Å²) in [6.07, 6.45) is 2.57. The molecule has 162 valence electrons. The molecule has 0 saturated carbocycles. The number of rotatable bonds is 7. The van der Waals surface area contributed by atoms with Gasteiger partial charge in [0.2, 0.25) is 5.91 Å². The van der Waals surface area contributed by atoms with E-state index in [-0.39, 0.29) is 23.6 Å². The Kier molecular flexibility index (Phi) is 7.76. The number of hydrogen-bond donors (Lipinski definition) is 1. The number of nitrogens with one attached hydrogen (secondary N) is 1. The molecule has 0 fully saturated rings. The van der Waals surface area contributed by atoms with Gasteiger partial charge in [-0.25, -0.2) is 4.99 Å². The van der Waals surface area contributed by atoms with E-state index >= 15 is 0 Å². The van der Waals surface area contributed by atoms with E-state index in [1.165, 1.54) is 16.7 Å². The predicted octanol–water partition coefficient (Wildman–Crippen LogP) is 4.74. The molecular formula is C23H24ClN3O3S. The molecule has 1 heterocycles. The molecule has 0 spiro atoms. The quantitative estimate of drug-likeness (QED) is 0.609. The number of anilines is 1. The Morgan fingerprint density at radius 3 is 2.52 bits per heavy atom. The lowest BCUT2D eigenvalue weighted by Crippen LogP contribution is -2.35. The second kappa shape index (κ2) is 10.5. The first-order valence-corrected chi connectivity index (χ1v) is 11.2. The number of amidine groups is 1. The van der Waals surface area contributed by atoms with Crippen molar-refractivity contribution in [3.8, 4) is 5.75 Å². The molecule has 2 aromatic carbocycles. The van der Waals surface area contributed by atoms with Crippen LogP contribution in [0.1, 0.15) is 25.8 Å². The fraction of sp³-hybridized carbons (Fsp3) is 0.261. The van der Waals surface area contributed by atoms with E-state index < -0.39 is 0 Å². The van der Waals surface area contributed by atoms with Crippen molar-refractivity contribution < 1.29 is 14.3 Å². The summed E-state index contributed by atoms with van der Waals surface area (Å²) in [6, 6.07) is 14.4. The van der Waals surface area contributed by atoms with Crippen LogP contribution >= 0.6 is 23.4 Å². The minimum atomic E-state index is -0.261. The van der Waals surface area contributed by atoms with E-state index in [0.717, 1.165) is 17.7 Å². The topological polar surface area (TPSA) is 71.0 Å². The zero-order chi connectivity index (χ0) is 22.4. The molecule has 0 saturated heterocycles. The van der Waals surface area contributed by atoms with Crippen LogP contribution in [0.2, 0.25) is 5.02 Å². The number of nitrogens with zero attached hydrogens (tertiary/aromatic N) is 2. The molecule has 8 heteroatoms. The summed E-state index contributed by atoms with van der Waals surface area (Å²) in [4.78, 5) is 31.4. The number of ether oxygens (including phenoxy) is 1. The number of aliphatic imine (C=N–C) groups is 1. The molecule has 1 N–H and O–H groups in total. The highest BCUT2D eigenvalue weighted by Gasteiger charge is 2.32. The monoisotopic (exact) mass is 457 g/mol. The van der Waals surface area contributed by atoms with Gasteiger partial charge < -0.3 is 10.1 Å². The smallest absolute Gasteiger partial charge is 0.283 e. The fourth-order valence-corrected chi connectivity index (χ4v) is 3.77. The van der Waals surface area contributed by atoms with Gasteiger partial charge in [0.25, 0.3) is 5.91 Å². The molecule has 0 radical (unpaired) electrons. The van der Waals surface area contributed by atoms with Gasteiger partial charge in [0.05, 0.1) is 18.6 Å². The van der Waals surface area contributed by atoms with Crippen LogP contribution in [0.3, 0.4) is 0 Å². The number of carbonyl (C=O) groups excluding carboxylic acids is 2. The van der Waals surface area contributed by atoms with Crippen molar-refractivity contribution in [2.75, 3.05) is 17.8 Å². The lowest BCUT2D eigenvalue weighted by Gasteiger charge is -2.18. The first kappa shape index (κ1) is 22.9. The van der Waals surface area contributed by atoms with Crippen LogP contribution in [0.5, 0.6) is 5.75 Å². The zero-order valence-corrected chi connectivity index (χ0v) is 19.2. The number of methoxy groups -OCH3 is 1. The lowest BCUT2D eigenvalue weighted by atomic mass is 10.2. The largest absolute Gasteiger partial charge is 0.497 e. The van der Waals surface area contributed by atoms with Crippen molar-refractivity contribution in [3.05, 3.63) is 64.8 Å². The molecule has 0 aliphatic carbocycles. The van der Waals surface area contributed by atoms with Crippen LogP contribution < -0.4 is 15.0 Å². The molecule has 1 aliphatic heterocycles. The predicted molar refractivity (Wildman–Crippen MR) is 128 cm³/mol. The van der Waals surface area contributed by atoms with Gasteiger partial charge in [-0.3, -0.25) is 14.5 Å². The normalized spacial score (nSPS) is 15.7. The minimum absolute atomic E-state index is 0.0955. The SMILES string of the molecule is CC[C@@H](C)NC(=O)CSC1=N/C(=C\c2ccc(OC)cc2)C(=O)N1c1ccc(Cl)cc1. The Bertz CT molecular complexity index is 1000. The third-order valence-corrected chi connectivity index (χ3v) is 5.88. The van der Waals surface area contributed by atoms with E-state index in [1.54, 1.807) is 37.5 Å². The van der Waals surface area contributed by atoms with Gasteiger partial charge in [-0.1, -0.05) is 42.4 Å². The Hall–Kier alpha value is -2.77. The molecule has 6 nitrogen and oxygen atoms in total. The summed E-state index contributed by atoms with van der Waals surface area (Å²) in [6.45, 7) is 3.96. The van der Waals surface area contributed by atoms with E-state index in [4.69, 9.17) is 16.3 Å². The van der Waals surface area contributed by atoms with E-state index in [0.29, 0.717) is 21.6 Å². The fourth-order valence-electron chi connectivity index (χ4n) is 2.82. The average Bonchev–Trinajstić information content (AvgIpc) is 3.08. The maximum absolute atomic E-state index is 13.2. The summed E-state index contributed by atoms with van der Waals surface area (Å²) in [5, 5.41) is 3.95. The van der Waals surface area contributed by atoms with Gasteiger partial charge in [0, 0.05) is 11.1 Å². The second-order valence-corrected chi connectivity index (χ2v) is 8.36. The highest BCUT2D eigenvalue weighted by molar-refractivity contribution is 8.14. The molecule has 31 heavy (non-hydrogen) atoms. The molecule has 0 bridgehead atoms. The van der Waals surface area contributed by atoms with Gasteiger partial charge in [0.1, 0.15) is 11.4 Å². The molecule has 1 atom stereocenters. The molecule has 0 unspecified atom stereocenters. The van der Waals surface area contributed by atoms with Crippen LogP contribution in [0.4, 0.5) is 5.69 Å². The first-order valence-electron chi connectivity index (χ1n) is 9.88. The summed E-state index contributed by atoms with van der Waals surface area (Å²) in [5.41, 5.74) is 1.76. The van der Waals surface area contributed by atoms with Crippen molar-refractivity contribution in [3.63, 3.8) is 0 Å². The van der Waals surface area contributed by atoms with Crippen LogP contribution in [0, 0.1) is 0 Å². The van der Waals surface area contributed by atoms with Crippen molar-refractivity contribution in [1.82, 2.24) is 5.32 Å². The molecule has 1 aliphatic rings. The van der Waals surface area contributed by atoms with Crippen LogP contribution in [0.25, 0.3) is 6.08 Å². The lowest BCUT2D eigenvalue weighted by molar-refractivity contribution is -0.119. The van der Waals surface area contributed by atoms with Gasteiger partial charge in [-0.15, -0.1) is 0 Å². The zero-order valence-electron chi connectivity index (χ0n) is 17.6. The molecule has 2 amide bonds. The summed E-state index contributed by atoms with van der Waals surface area (Å²) >= 11 is 7.23. The Balaban J connectivity index is 1.86. The minimum Gasteiger partial charge on any atom is -0.497 e. The van der Waals surface area contributed by atoms with Gasteiger partial charge in [-0.2, -0.15) is 0 Å². The Morgan fingerprint density at radius 2 is 1.90 bits per heavy atom. The van der Waals surface area contributed by atoms with Crippen molar-refractivity contribution in [1.29, 1.82) is 0 Å².